The number of ether oxygens (including phenoxy) is 1. The zero-order valence-corrected chi connectivity index (χ0v) is 12.5. The van der Waals surface area contributed by atoms with Gasteiger partial charge in [0, 0.05) is 30.5 Å². The summed E-state index contributed by atoms with van der Waals surface area (Å²) in [5, 5.41) is 0. The van der Waals surface area contributed by atoms with Gasteiger partial charge in [-0.15, -0.1) is 11.8 Å². The molecule has 0 bridgehead atoms. The Bertz CT molecular complexity index is 633. The van der Waals surface area contributed by atoms with E-state index >= 15 is 0 Å². The van der Waals surface area contributed by atoms with Crippen molar-refractivity contribution in [2.45, 2.75) is 11.0 Å². The molecule has 2 heterocycles. The number of carbonyl (C=O) groups is 1. The summed E-state index contributed by atoms with van der Waals surface area (Å²) in [5.74, 6) is 0.840. The fourth-order valence-electron chi connectivity index (χ4n) is 2.44. The topological polar surface area (TPSA) is 42.4 Å². The summed E-state index contributed by atoms with van der Waals surface area (Å²) >= 11 is 1.75. The van der Waals surface area contributed by atoms with Crippen LogP contribution in [-0.4, -0.2) is 30.3 Å². The molecule has 0 spiro atoms. The first-order valence-electron chi connectivity index (χ1n) is 6.77. The minimum Gasteiger partial charge on any atom is -0.367 e. The van der Waals surface area contributed by atoms with Gasteiger partial charge in [0.2, 0.25) is 0 Å². The Morgan fingerprint density at radius 1 is 1.33 bits per heavy atom. The van der Waals surface area contributed by atoms with Crippen LogP contribution >= 0.6 is 11.8 Å². The van der Waals surface area contributed by atoms with Gasteiger partial charge < -0.3 is 9.64 Å². The number of amides is 1. The zero-order valence-electron chi connectivity index (χ0n) is 11.7. The van der Waals surface area contributed by atoms with Crippen molar-refractivity contribution in [3.05, 3.63) is 54.4 Å². The average Bonchev–Trinajstić information content (AvgIpc) is 2.56. The number of anilines is 1. The predicted molar refractivity (Wildman–Crippen MR) is 83.5 cm³/mol. The molecule has 1 aliphatic rings. The lowest BCUT2D eigenvalue weighted by atomic mass is 10.1. The summed E-state index contributed by atoms with van der Waals surface area (Å²) in [7, 11) is 1.57. The van der Waals surface area contributed by atoms with Crippen molar-refractivity contribution < 1.29 is 9.53 Å². The van der Waals surface area contributed by atoms with Crippen molar-refractivity contribution in [1.82, 2.24) is 4.98 Å². The van der Waals surface area contributed by atoms with E-state index in [1.165, 1.54) is 0 Å². The highest BCUT2D eigenvalue weighted by Gasteiger charge is 2.30. The van der Waals surface area contributed by atoms with E-state index in [1.807, 2.05) is 36.4 Å². The fourth-order valence-corrected chi connectivity index (χ4v) is 3.40. The molecule has 1 aliphatic heterocycles. The lowest BCUT2D eigenvalue weighted by Crippen LogP contribution is -2.39. The van der Waals surface area contributed by atoms with Gasteiger partial charge >= 0.3 is 0 Å². The van der Waals surface area contributed by atoms with E-state index in [9.17, 15) is 4.79 Å². The van der Waals surface area contributed by atoms with Crippen molar-refractivity contribution in [3.8, 4) is 0 Å². The third-order valence-corrected chi connectivity index (χ3v) is 4.50. The molecular weight excluding hydrogens is 284 g/mol. The first-order valence-corrected chi connectivity index (χ1v) is 7.76. The van der Waals surface area contributed by atoms with Crippen LogP contribution in [0.5, 0.6) is 0 Å². The molecule has 3 rings (SSSR count). The summed E-state index contributed by atoms with van der Waals surface area (Å²) in [6, 6.07) is 11.5. The summed E-state index contributed by atoms with van der Waals surface area (Å²) < 4.78 is 5.45. The highest BCUT2D eigenvalue weighted by molar-refractivity contribution is 7.99. The summed E-state index contributed by atoms with van der Waals surface area (Å²) in [6.07, 6.45) is 2.92. The number of carbonyl (C=O) groups excluding carboxylic acids is 1. The van der Waals surface area contributed by atoms with Gasteiger partial charge in [-0.2, -0.15) is 0 Å². The van der Waals surface area contributed by atoms with E-state index in [-0.39, 0.29) is 5.91 Å². The van der Waals surface area contributed by atoms with Gasteiger partial charge in [-0.05, 0) is 11.6 Å². The molecule has 0 fully saturated rings. The van der Waals surface area contributed by atoms with Crippen LogP contribution in [0.25, 0.3) is 0 Å². The highest BCUT2D eigenvalue weighted by atomic mass is 32.2. The number of aromatic nitrogens is 1. The van der Waals surface area contributed by atoms with Crippen LogP contribution in [-0.2, 0) is 9.53 Å². The molecule has 4 nitrogen and oxygen atoms in total. The van der Waals surface area contributed by atoms with Gasteiger partial charge in [-0.1, -0.05) is 30.3 Å². The second-order valence-corrected chi connectivity index (χ2v) is 5.84. The van der Waals surface area contributed by atoms with Gasteiger partial charge in [0.25, 0.3) is 5.91 Å². The second kappa shape index (κ2) is 6.28. The Kier molecular flexibility index (Phi) is 4.22. The lowest BCUT2D eigenvalue weighted by molar-refractivity contribution is -0.128. The molecule has 108 valence electrons. The molecule has 1 aromatic heterocycles. The largest absolute Gasteiger partial charge is 0.367 e. The van der Waals surface area contributed by atoms with Crippen LogP contribution in [0.4, 0.5) is 5.69 Å². The predicted octanol–water partition coefficient (Wildman–Crippen LogP) is 2.91. The lowest BCUT2D eigenvalue weighted by Gasteiger charge is -2.31. The molecule has 21 heavy (non-hydrogen) atoms. The van der Waals surface area contributed by atoms with E-state index in [0.29, 0.717) is 6.54 Å². The van der Waals surface area contributed by atoms with Gasteiger partial charge in [0.1, 0.15) is 0 Å². The third kappa shape index (κ3) is 2.80. The molecule has 1 atom stereocenters. The molecule has 0 saturated carbocycles. The number of rotatable bonds is 3. The maximum Gasteiger partial charge on any atom is 0.260 e. The molecule has 1 amide bonds. The molecule has 0 saturated heterocycles. The Balaban J connectivity index is 1.92. The van der Waals surface area contributed by atoms with Gasteiger partial charge in [-0.25, -0.2) is 0 Å². The Labute approximate surface area is 128 Å². The number of thioether (sulfide) groups is 1. The molecule has 0 N–H and O–H groups in total. The molecule has 1 aromatic carbocycles. The smallest absolute Gasteiger partial charge is 0.260 e. The minimum atomic E-state index is -0.581. The van der Waals surface area contributed by atoms with Gasteiger partial charge in [0.05, 0.1) is 11.9 Å². The van der Waals surface area contributed by atoms with E-state index in [4.69, 9.17) is 4.74 Å². The number of nitrogens with zero attached hydrogens (tertiary/aromatic N) is 2. The Morgan fingerprint density at radius 3 is 2.90 bits per heavy atom. The van der Waals surface area contributed by atoms with Crippen molar-refractivity contribution in [2.24, 2.45) is 0 Å². The maximum atomic E-state index is 12.9. The summed E-state index contributed by atoms with van der Waals surface area (Å²) in [5.41, 5.74) is 1.74. The van der Waals surface area contributed by atoms with Crippen LogP contribution in [0.3, 0.4) is 0 Å². The van der Waals surface area contributed by atoms with E-state index < -0.39 is 6.10 Å². The molecule has 0 aliphatic carbocycles. The van der Waals surface area contributed by atoms with E-state index in [2.05, 4.69) is 4.98 Å². The van der Waals surface area contributed by atoms with Crippen LogP contribution in [0.2, 0.25) is 0 Å². The standard InChI is InChI=1S/C16H16N2O2S/c1-20-15(12-5-3-2-4-6-12)16(19)18-9-10-21-14-7-8-17-11-13(14)18/h2-8,11,15H,9-10H2,1H3/t15-/m1/s1. The van der Waals surface area contributed by atoms with Crippen molar-refractivity contribution in [1.29, 1.82) is 0 Å². The van der Waals surface area contributed by atoms with E-state index in [0.717, 1.165) is 21.9 Å². The van der Waals surface area contributed by atoms with Crippen molar-refractivity contribution in [3.63, 3.8) is 0 Å². The van der Waals surface area contributed by atoms with Gasteiger partial charge in [0.15, 0.2) is 6.10 Å². The first kappa shape index (κ1) is 14.1. The van der Waals surface area contributed by atoms with Crippen molar-refractivity contribution >= 4 is 23.4 Å². The first-order chi connectivity index (χ1) is 10.3. The van der Waals surface area contributed by atoms with E-state index in [1.54, 1.807) is 36.2 Å². The number of benzene rings is 1. The number of fused-ring (bicyclic) bond motifs is 1. The minimum absolute atomic E-state index is 0.0433. The Hall–Kier alpha value is -1.85. The zero-order chi connectivity index (χ0) is 14.7. The summed E-state index contributed by atoms with van der Waals surface area (Å²) in [6.45, 7) is 0.675. The summed E-state index contributed by atoms with van der Waals surface area (Å²) in [4.78, 5) is 19.9. The highest BCUT2D eigenvalue weighted by Crippen LogP contribution is 2.35. The molecule has 2 aromatic rings. The SMILES string of the molecule is CO[C@@H](C(=O)N1CCSc2ccncc21)c1ccccc1. The van der Waals surface area contributed by atoms with Crippen LogP contribution in [0, 0.1) is 0 Å². The number of pyridine rings is 1. The van der Waals surface area contributed by atoms with Gasteiger partial charge in [-0.3, -0.25) is 9.78 Å². The number of hydrogen-bond acceptors (Lipinski definition) is 4. The van der Waals surface area contributed by atoms with Crippen LogP contribution in [0.15, 0.2) is 53.7 Å². The molecule has 0 radical (unpaired) electrons. The molecular formula is C16H16N2O2S. The average molecular weight is 300 g/mol. The normalized spacial score (nSPS) is 15.4. The number of methoxy groups -OCH3 is 1. The molecule has 5 heteroatoms. The Morgan fingerprint density at radius 2 is 2.14 bits per heavy atom. The maximum absolute atomic E-state index is 12.9. The quantitative estimate of drug-likeness (QED) is 0.874. The monoisotopic (exact) mass is 300 g/mol. The number of hydrogen-bond donors (Lipinski definition) is 0. The van der Waals surface area contributed by atoms with Crippen molar-refractivity contribution in [2.75, 3.05) is 24.3 Å². The molecule has 0 unspecified atom stereocenters. The third-order valence-electron chi connectivity index (χ3n) is 3.45. The fraction of sp³-hybridized carbons (Fsp3) is 0.250. The van der Waals surface area contributed by atoms with Crippen LogP contribution in [0.1, 0.15) is 11.7 Å². The second-order valence-electron chi connectivity index (χ2n) is 4.71. The van der Waals surface area contributed by atoms with Crippen LogP contribution < -0.4 is 4.90 Å².